The summed E-state index contributed by atoms with van der Waals surface area (Å²) in [6.45, 7) is 1.46. The number of hydrogen-bond donors (Lipinski definition) is 3. The van der Waals surface area contributed by atoms with Gasteiger partial charge in [0.05, 0.1) is 10.6 Å². The Kier molecular flexibility index (Phi) is 4.75. The van der Waals surface area contributed by atoms with Gasteiger partial charge < -0.3 is 10.4 Å². The van der Waals surface area contributed by atoms with E-state index in [9.17, 15) is 33.0 Å². The number of phenols is 1. The molecular formula is C18H14N2O7S. The molecule has 0 aliphatic heterocycles. The molecule has 3 rings (SSSR count). The van der Waals surface area contributed by atoms with E-state index < -0.39 is 25.8 Å². The van der Waals surface area contributed by atoms with Crippen LogP contribution in [0.3, 0.4) is 0 Å². The largest absolute Gasteiger partial charge is 0.507 e. The fourth-order valence-corrected chi connectivity index (χ4v) is 3.52. The van der Waals surface area contributed by atoms with E-state index >= 15 is 0 Å². The summed E-state index contributed by atoms with van der Waals surface area (Å²) >= 11 is 0. The highest BCUT2D eigenvalue weighted by molar-refractivity contribution is 7.86. The van der Waals surface area contributed by atoms with Gasteiger partial charge in [-0.1, -0.05) is 18.2 Å². The average Bonchev–Trinajstić information content (AvgIpc) is 2.60. The molecule has 0 radical (unpaired) electrons. The maximum atomic E-state index is 12.6. The van der Waals surface area contributed by atoms with Crippen molar-refractivity contribution in [3.63, 3.8) is 0 Å². The number of carbonyl (C=O) groups excluding carboxylic acids is 1. The molecule has 0 fully saturated rings. The third-order valence-electron chi connectivity index (χ3n) is 4.16. The molecule has 0 aliphatic carbocycles. The summed E-state index contributed by atoms with van der Waals surface area (Å²) in [5, 5.41) is 23.9. The lowest BCUT2D eigenvalue weighted by molar-refractivity contribution is -0.385. The Bertz CT molecular complexity index is 1240. The molecule has 0 bridgehead atoms. The fourth-order valence-electron chi connectivity index (χ4n) is 2.87. The van der Waals surface area contributed by atoms with E-state index in [0.29, 0.717) is 5.39 Å². The van der Waals surface area contributed by atoms with Crippen molar-refractivity contribution in [1.29, 1.82) is 0 Å². The molecule has 1 amide bonds. The molecule has 3 aromatic rings. The first-order valence-electron chi connectivity index (χ1n) is 7.88. The third-order valence-corrected chi connectivity index (χ3v) is 5.05. The maximum absolute atomic E-state index is 12.6. The number of benzene rings is 3. The summed E-state index contributed by atoms with van der Waals surface area (Å²) in [6.07, 6.45) is 0. The van der Waals surface area contributed by atoms with Gasteiger partial charge in [-0.3, -0.25) is 19.5 Å². The second kappa shape index (κ2) is 6.91. The Labute approximate surface area is 159 Å². The van der Waals surface area contributed by atoms with E-state index in [1.54, 1.807) is 6.07 Å². The fraction of sp³-hybridized carbons (Fsp3) is 0.0556. The van der Waals surface area contributed by atoms with Crippen molar-refractivity contribution in [2.45, 2.75) is 11.8 Å². The van der Waals surface area contributed by atoms with Gasteiger partial charge in [0.2, 0.25) is 0 Å². The van der Waals surface area contributed by atoms with Crippen molar-refractivity contribution in [3.8, 4) is 5.75 Å². The van der Waals surface area contributed by atoms with E-state index in [1.807, 2.05) is 0 Å². The topological polar surface area (TPSA) is 147 Å². The van der Waals surface area contributed by atoms with E-state index in [4.69, 9.17) is 0 Å². The summed E-state index contributed by atoms with van der Waals surface area (Å²) in [4.78, 5) is 22.4. The molecule has 0 aliphatic rings. The number of aryl methyl sites for hydroxylation is 1. The van der Waals surface area contributed by atoms with Crippen LogP contribution in [0, 0.1) is 17.0 Å². The summed E-state index contributed by atoms with van der Waals surface area (Å²) < 4.78 is 33.0. The van der Waals surface area contributed by atoms with Gasteiger partial charge in [-0.25, -0.2) is 0 Å². The number of nitro groups is 1. The van der Waals surface area contributed by atoms with E-state index in [-0.39, 0.29) is 33.6 Å². The normalized spacial score (nSPS) is 11.4. The summed E-state index contributed by atoms with van der Waals surface area (Å²) in [6, 6.07) is 10.6. The van der Waals surface area contributed by atoms with Crippen LogP contribution in [0.15, 0.2) is 53.4 Å². The molecule has 3 N–H and O–H groups in total. The second-order valence-electron chi connectivity index (χ2n) is 6.00. The number of rotatable bonds is 4. The summed E-state index contributed by atoms with van der Waals surface area (Å²) in [5.41, 5.74) is -0.178. The van der Waals surface area contributed by atoms with E-state index in [1.165, 1.54) is 37.3 Å². The molecule has 144 valence electrons. The third kappa shape index (κ3) is 3.50. The molecule has 0 saturated heterocycles. The lowest BCUT2D eigenvalue weighted by Crippen LogP contribution is -2.15. The van der Waals surface area contributed by atoms with Gasteiger partial charge >= 0.3 is 0 Å². The molecule has 0 spiro atoms. The standard InChI is InChI=1S/C18H14N2O7S/c1-10-9-12(5-7-13(10)20(23)24)18(22)19-17-15(28(25,26)27)8-6-11-3-2-4-14(21)16(11)17/h2-9,21H,1H3,(H,19,22)(H,25,26,27). The van der Waals surface area contributed by atoms with E-state index in [0.717, 1.165) is 12.1 Å². The van der Waals surface area contributed by atoms with Crippen molar-refractivity contribution in [2.24, 2.45) is 0 Å². The number of hydrogen-bond acceptors (Lipinski definition) is 6. The second-order valence-corrected chi connectivity index (χ2v) is 7.39. The Balaban J connectivity index is 2.15. The van der Waals surface area contributed by atoms with Gasteiger partial charge in [0.25, 0.3) is 21.7 Å². The molecule has 28 heavy (non-hydrogen) atoms. The number of anilines is 1. The zero-order valence-corrected chi connectivity index (χ0v) is 15.2. The predicted molar refractivity (Wildman–Crippen MR) is 101 cm³/mol. The van der Waals surface area contributed by atoms with Gasteiger partial charge in [0, 0.05) is 22.6 Å². The summed E-state index contributed by atoms with van der Waals surface area (Å²) in [7, 11) is -4.71. The first-order valence-corrected chi connectivity index (χ1v) is 9.32. The smallest absolute Gasteiger partial charge is 0.296 e. The molecule has 0 aromatic heterocycles. The van der Waals surface area contributed by atoms with Crippen LogP contribution in [-0.4, -0.2) is 28.9 Å². The molecule has 0 unspecified atom stereocenters. The number of carbonyl (C=O) groups is 1. The van der Waals surface area contributed by atoms with Crippen LogP contribution >= 0.6 is 0 Å². The first kappa shape index (κ1) is 19.3. The van der Waals surface area contributed by atoms with Crippen LogP contribution in [0.5, 0.6) is 5.75 Å². The zero-order chi connectivity index (χ0) is 20.6. The number of nitro benzene ring substituents is 1. The molecular weight excluding hydrogens is 388 g/mol. The molecule has 3 aromatic carbocycles. The van der Waals surface area contributed by atoms with Crippen molar-refractivity contribution < 1.29 is 27.8 Å². The highest BCUT2D eigenvalue weighted by atomic mass is 32.2. The number of fused-ring (bicyclic) bond motifs is 1. The van der Waals surface area contributed by atoms with Crippen molar-refractivity contribution in [1.82, 2.24) is 0 Å². The molecule has 0 atom stereocenters. The highest BCUT2D eigenvalue weighted by Crippen LogP contribution is 2.36. The Morgan fingerprint density at radius 3 is 2.46 bits per heavy atom. The molecule has 10 heteroatoms. The number of aromatic hydroxyl groups is 1. The van der Waals surface area contributed by atoms with Gasteiger partial charge in [-0.05, 0) is 36.6 Å². The van der Waals surface area contributed by atoms with Crippen LogP contribution in [0.25, 0.3) is 10.8 Å². The van der Waals surface area contributed by atoms with Gasteiger partial charge in [0.1, 0.15) is 10.6 Å². The van der Waals surface area contributed by atoms with Crippen molar-refractivity contribution in [3.05, 3.63) is 69.8 Å². The molecule has 0 heterocycles. The van der Waals surface area contributed by atoms with E-state index in [2.05, 4.69) is 5.32 Å². The van der Waals surface area contributed by atoms with Crippen molar-refractivity contribution >= 4 is 38.2 Å². The maximum Gasteiger partial charge on any atom is 0.296 e. The molecule has 0 saturated carbocycles. The monoisotopic (exact) mass is 402 g/mol. The SMILES string of the molecule is Cc1cc(C(=O)Nc2c(S(=O)(=O)O)ccc3cccc(O)c23)ccc1[N+](=O)[O-]. The number of phenolic OH excluding ortho intramolecular Hbond substituents is 1. The minimum absolute atomic E-state index is 0.0320. The van der Waals surface area contributed by atoms with Crippen LogP contribution in [0.1, 0.15) is 15.9 Å². The Morgan fingerprint density at radius 1 is 1.14 bits per heavy atom. The average molecular weight is 402 g/mol. The quantitative estimate of drug-likeness (QED) is 0.345. The zero-order valence-electron chi connectivity index (χ0n) is 14.4. The van der Waals surface area contributed by atoms with Crippen LogP contribution < -0.4 is 5.32 Å². The highest BCUT2D eigenvalue weighted by Gasteiger charge is 2.22. The Hall–Kier alpha value is -3.50. The first-order chi connectivity index (χ1) is 13.1. The van der Waals surface area contributed by atoms with Crippen molar-refractivity contribution in [2.75, 3.05) is 5.32 Å². The lowest BCUT2D eigenvalue weighted by atomic mass is 10.1. The number of nitrogens with zero attached hydrogens (tertiary/aromatic N) is 1. The van der Waals surface area contributed by atoms with Crippen LogP contribution in [0.2, 0.25) is 0 Å². The molecule has 9 nitrogen and oxygen atoms in total. The van der Waals surface area contributed by atoms with Crippen LogP contribution in [0.4, 0.5) is 11.4 Å². The van der Waals surface area contributed by atoms with Gasteiger partial charge in [-0.2, -0.15) is 8.42 Å². The van der Waals surface area contributed by atoms with Crippen LogP contribution in [-0.2, 0) is 10.1 Å². The number of nitrogens with one attached hydrogen (secondary N) is 1. The van der Waals surface area contributed by atoms with Gasteiger partial charge in [-0.15, -0.1) is 0 Å². The minimum Gasteiger partial charge on any atom is -0.507 e. The summed E-state index contributed by atoms with van der Waals surface area (Å²) in [5.74, 6) is -1.06. The Morgan fingerprint density at radius 2 is 1.86 bits per heavy atom. The predicted octanol–water partition coefficient (Wildman–Crippen LogP) is 3.26. The lowest BCUT2D eigenvalue weighted by Gasteiger charge is -2.14. The minimum atomic E-state index is -4.71. The number of amides is 1. The van der Waals surface area contributed by atoms with Gasteiger partial charge in [0.15, 0.2) is 0 Å².